The van der Waals surface area contributed by atoms with E-state index in [1.165, 1.54) is 24.4 Å². The Balaban J connectivity index is 1.64. The first-order chi connectivity index (χ1) is 17.1. The van der Waals surface area contributed by atoms with Gasteiger partial charge in [-0.15, -0.1) is 0 Å². The van der Waals surface area contributed by atoms with Crippen LogP contribution in [0.5, 0.6) is 11.5 Å². The summed E-state index contributed by atoms with van der Waals surface area (Å²) >= 11 is 6.08. The normalized spacial score (nSPS) is 10.9. The largest absolute Gasteiger partial charge is 0.453 e. The first kappa shape index (κ1) is 24.9. The number of ether oxygens (including phenoxy) is 1. The highest BCUT2D eigenvalue weighted by Gasteiger charge is 2.20. The molecule has 2 heterocycles. The van der Waals surface area contributed by atoms with Gasteiger partial charge in [0.1, 0.15) is 22.0 Å². The van der Waals surface area contributed by atoms with Crippen LogP contribution in [-0.4, -0.2) is 21.4 Å². The molecule has 3 N–H and O–H groups in total. The number of primary amides is 1. The number of nitrogens with two attached hydrogens (primary N) is 1. The quantitative estimate of drug-likeness (QED) is 0.390. The van der Waals surface area contributed by atoms with Gasteiger partial charge in [-0.1, -0.05) is 24.6 Å². The third-order valence-corrected chi connectivity index (χ3v) is 6.26. The van der Waals surface area contributed by atoms with E-state index in [-0.39, 0.29) is 33.5 Å². The number of fused-ring (bicyclic) bond motifs is 1. The number of pyridine rings is 2. The second-order valence-corrected chi connectivity index (χ2v) is 8.47. The third-order valence-electron chi connectivity index (χ3n) is 5.89. The summed E-state index contributed by atoms with van der Waals surface area (Å²) in [4.78, 5) is 41.5. The lowest BCUT2D eigenvalue weighted by Gasteiger charge is -2.15. The number of amides is 2. The van der Waals surface area contributed by atoms with Gasteiger partial charge in [-0.3, -0.25) is 14.4 Å². The van der Waals surface area contributed by atoms with Crippen LogP contribution in [0.3, 0.4) is 0 Å². The summed E-state index contributed by atoms with van der Waals surface area (Å²) in [5.41, 5.74) is 6.87. The van der Waals surface area contributed by atoms with E-state index in [9.17, 15) is 18.8 Å². The van der Waals surface area contributed by atoms with Crippen LogP contribution in [0.25, 0.3) is 10.9 Å². The summed E-state index contributed by atoms with van der Waals surface area (Å²) in [5, 5.41) is 2.86. The second-order valence-electron chi connectivity index (χ2n) is 8.09. The van der Waals surface area contributed by atoms with Gasteiger partial charge in [0, 0.05) is 42.1 Å². The van der Waals surface area contributed by atoms with E-state index >= 15 is 0 Å². The van der Waals surface area contributed by atoms with Crippen molar-refractivity contribution in [1.82, 2.24) is 9.55 Å². The molecular weight excluding hydrogens is 487 g/mol. The third kappa shape index (κ3) is 4.52. The van der Waals surface area contributed by atoms with E-state index in [0.717, 1.165) is 18.1 Å². The molecule has 4 aromatic rings. The Bertz CT molecular complexity index is 1600. The minimum absolute atomic E-state index is 0.0158. The van der Waals surface area contributed by atoms with Crippen molar-refractivity contribution in [3.05, 3.63) is 92.2 Å². The van der Waals surface area contributed by atoms with Crippen molar-refractivity contribution in [3.8, 4) is 11.5 Å². The number of halogens is 2. The van der Waals surface area contributed by atoms with Crippen LogP contribution in [0.2, 0.25) is 5.02 Å². The molecule has 0 fully saturated rings. The molecule has 8 nitrogen and oxygen atoms in total. The lowest BCUT2D eigenvalue weighted by Crippen LogP contribution is -2.26. The molecule has 0 atom stereocenters. The Kier molecular flexibility index (Phi) is 6.76. The number of rotatable bonds is 6. The van der Waals surface area contributed by atoms with Crippen LogP contribution in [-0.2, 0) is 13.5 Å². The molecule has 2 aromatic carbocycles. The van der Waals surface area contributed by atoms with Crippen molar-refractivity contribution in [2.45, 2.75) is 20.3 Å². The molecule has 2 amide bonds. The number of aryl methyl sites for hydroxylation is 2. The van der Waals surface area contributed by atoms with Crippen LogP contribution in [0.4, 0.5) is 10.1 Å². The van der Waals surface area contributed by atoms with Crippen molar-refractivity contribution >= 4 is 40.0 Å². The van der Waals surface area contributed by atoms with Crippen molar-refractivity contribution in [3.63, 3.8) is 0 Å². The molecule has 10 heteroatoms. The van der Waals surface area contributed by atoms with Crippen molar-refractivity contribution in [2.75, 3.05) is 5.32 Å². The Labute approximate surface area is 210 Å². The molecule has 0 saturated heterocycles. The zero-order valence-corrected chi connectivity index (χ0v) is 20.4. The van der Waals surface area contributed by atoms with Crippen molar-refractivity contribution in [2.24, 2.45) is 12.8 Å². The summed E-state index contributed by atoms with van der Waals surface area (Å²) in [6.45, 7) is 3.66. The number of carbonyl (C=O) groups excluding carboxylic acids is 2. The molecule has 0 aliphatic heterocycles. The molecule has 2 aromatic heterocycles. The molecule has 0 bridgehead atoms. The van der Waals surface area contributed by atoms with Gasteiger partial charge in [-0.25, -0.2) is 9.37 Å². The zero-order valence-electron chi connectivity index (χ0n) is 19.7. The summed E-state index contributed by atoms with van der Waals surface area (Å²) in [7, 11) is 1.78. The first-order valence-corrected chi connectivity index (χ1v) is 11.4. The monoisotopic (exact) mass is 508 g/mol. The fraction of sp³-hybridized carbons (Fsp3) is 0.154. The van der Waals surface area contributed by atoms with Gasteiger partial charge in [0.2, 0.25) is 5.43 Å². The molecular formula is C26H22ClFN4O4. The minimum Gasteiger partial charge on any atom is -0.453 e. The van der Waals surface area contributed by atoms with E-state index in [1.807, 2.05) is 19.1 Å². The molecule has 36 heavy (non-hydrogen) atoms. The van der Waals surface area contributed by atoms with Gasteiger partial charge in [-0.2, -0.15) is 0 Å². The van der Waals surface area contributed by atoms with E-state index in [4.69, 9.17) is 22.1 Å². The van der Waals surface area contributed by atoms with Crippen LogP contribution < -0.4 is 21.2 Å². The zero-order chi connectivity index (χ0) is 26.1. The number of nitrogens with zero attached hydrogens (tertiary/aromatic N) is 2. The predicted molar refractivity (Wildman–Crippen MR) is 135 cm³/mol. The highest BCUT2D eigenvalue weighted by atomic mass is 35.5. The van der Waals surface area contributed by atoms with E-state index in [0.29, 0.717) is 16.6 Å². The second kappa shape index (κ2) is 9.79. The molecule has 0 aliphatic rings. The number of benzene rings is 2. The average Bonchev–Trinajstić information content (AvgIpc) is 2.85. The molecule has 0 radical (unpaired) electrons. The lowest BCUT2D eigenvalue weighted by molar-refractivity contribution is 0.0993. The maximum atomic E-state index is 14.8. The van der Waals surface area contributed by atoms with E-state index in [2.05, 4.69) is 10.3 Å². The maximum absolute atomic E-state index is 14.8. The summed E-state index contributed by atoms with van der Waals surface area (Å²) in [6, 6.07) is 10.7. The molecule has 0 saturated carbocycles. The number of anilines is 1. The predicted octanol–water partition coefficient (Wildman–Crippen LogP) is 4.74. The van der Waals surface area contributed by atoms with Gasteiger partial charge in [0.05, 0.1) is 5.52 Å². The van der Waals surface area contributed by atoms with Crippen LogP contribution in [0.1, 0.15) is 39.0 Å². The topological polar surface area (TPSA) is 116 Å². The number of hydrogen-bond acceptors (Lipinski definition) is 5. The van der Waals surface area contributed by atoms with Gasteiger partial charge in [-0.05, 0) is 43.2 Å². The number of aromatic nitrogens is 2. The molecule has 184 valence electrons. The highest BCUT2D eigenvalue weighted by Crippen LogP contribution is 2.33. The Morgan fingerprint density at radius 1 is 1.17 bits per heavy atom. The summed E-state index contributed by atoms with van der Waals surface area (Å²) in [5.74, 6) is -2.55. The van der Waals surface area contributed by atoms with E-state index < -0.39 is 23.1 Å². The highest BCUT2D eigenvalue weighted by molar-refractivity contribution is 6.34. The average molecular weight is 509 g/mol. The van der Waals surface area contributed by atoms with Gasteiger partial charge < -0.3 is 20.4 Å². The summed E-state index contributed by atoms with van der Waals surface area (Å²) < 4.78 is 22.1. The fourth-order valence-corrected chi connectivity index (χ4v) is 4.09. The van der Waals surface area contributed by atoms with Crippen LogP contribution in [0.15, 0.2) is 53.5 Å². The van der Waals surface area contributed by atoms with Gasteiger partial charge in [0.25, 0.3) is 11.8 Å². The number of carbonyl (C=O) groups is 2. The van der Waals surface area contributed by atoms with Crippen LogP contribution >= 0.6 is 11.6 Å². The summed E-state index contributed by atoms with van der Waals surface area (Å²) in [6.07, 6.45) is 2.00. The number of nitrogens with one attached hydrogen (secondary N) is 1. The van der Waals surface area contributed by atoms with Crippen molar-refractivity contribution < 1.29 is 18.7 Å². The minimum atomic E-state index is -0.856. The van der Waals surface area contributed by atoms with E-state index in [1.54, 1.807) is 24.6 Å². The molecule has 4 rings (SSSR count). The Morgan fingerprint density at radius 3 is 2.58 bits per heavy atom. The fourth-order valence-electron chi connectivity index (χ4n) is 3.84. The Hall–Kier alpha value is -4.24. The standard InChI is InChI=1S/C26H22ClFN4O4/c1-4-14-5-7-18-16(11-14)24(33)21(13(2)32(18)3)26(35)31-15-6-8-19(17(28)12-15)36-20-9-10-30-23(22(20)27)25(29)34/h5-12H,4H2,1-3H3,(H2,29,34)(H,31,35). The van der Waals surface area contributed by atoms with Gasteiger partial charge in [0.15, 0.2) is 11.6 Å². The molecule has 0 spiro atoms. The molecule has 0 aliphatic carbocycles. The smallest absolute Gasteiger partial charge is 0.268 e. The SMILES string of the molecule is CCc1ccc2c(c1)c(=O)c(C(=O)Nc1ccc(Oc3ccnc(C(N)=O)c3Cl)c(F)c1)c(C)n2C. The molecule has 0 unspecified atom stereocenters. The van der Waals surface area contributed by atoms with Crippen LogP contribution in [0, 0.1) is 12.7 Å². The number of hydrogen-bond donors (Lipinski definition) is 2. The Morgan fingerprint density at radius 2 is 1.92 bits per heavy atom. The first-order valence-electron chi connectivity index (χ1n) is 11.0. The lowest BCUT2D eigenvalue weighted by atomic mass is 10.0. The maximum Gasteiger partial charge on any atom is 0.268 e. The van der Waals surface area contributed by atoms with Crippen molar-refractivity contribution in [1.29, 1.82) is 0 Å². The van der Waals surface area contributed by atoms with Gasteiger partial charge >= 0.3 is 0 Å².